The normalized spacial score (nSPS) is 14.5. The summed E-state index contributed by atoms with van der Waals surface area (Å²) in [5.74, 6) is -2.13. The second-order valence-corrected chi connectivity index (χ2v) is 9.39. The third-order valence-corrected chi connectivity index (χ3v) is 5.52. The Morgan fingerprint density at radius 3 is 2.06 bits per heavy atom. The van der Waals surface area contributed by atoms with Gasteiger partial charge in [0.05, 0.1) is 6.54 Å². The molecule has 0 saturated heterocycles. The topological polar surface area (TPSA) is 125 Å². The van der Waals surface area contributed by atoms with E-state index in [0.29, 0.717) is 6.42 Å². The fourth-order valence-corrected chi connectivity index (χ4v) is 4.01. The molecule has 176 valence electrons. The fraction of sp³-hybridized carbons (Fsp3) is 0.400. The predicted octanol–water partition coefficient (Wildman–Crippen LogP) is 2.89. The summed E-state index contributed by atoms with van der Waals surface area (Å²) in [4.78, 5) is 36.0. The molecule has 4 N–H and O–H groups in total. The Kier molecular flexibility index (Phi) is 7.38. The van der Waals surface area contributed by atoms with Gasteiger partial charge in [-0.25, -0.2) is 9.59 Å². The zero-order valence-corrected chi connectivity index (χ0v) is 19.0. The molecule has 1 aliphatic carbocycles. The van der Waals surface area contributed by atoms with Crippen LogP contribution in [-0.4, -0.2) is 53.5 Å². The fourth-order valence-electron chi connectivity index (χ4n) is 4.01. The number of carbonyl (C=O) groups is 3. The second-order valence-electron chi connectivity index (χ2n) is 9.39. The first-order valence-electron chi connectivity index (χ1n) is 10.9. The SMILES string of the molecule is CC(C)(C)CC(NC(=O)OCC1c2ccccc2-c2ccccc21)C(=O)NCC(O)C(=O)O. The molecule has 0 heterocycles. The van der Waals surface area contributed by atoms with Gasteiger partial charge in [-0.15, -0.1) is 0 Å². The molecule has 0 spiro atoms. The highest BCUT2D eigenvalue weighted by Crippen LogP contribution is 2.44. The number of carboxylic acids is 1. The molecule has 0 radical (unpaired) electrons. The molecule has 1 aliphatic rings. The zero-order chi connectivity index (χ0) is 24.2. The van der Waals surface area contributed by atoms with Crippen LogP contribution in [0.5, 0.6) is 0 Å². The average Bonchev–Trinajstić information content (AvgIpc) is 3.08. The monoisotopic (exact) mass is 454 g/mol. The van der Waals surface area contributed by atoms with Crippen molar-refractivity contribution in [3.63, 3.8) is 0 Å². The van der Waals surface area contributed by atoms with E-state index >= 15 is 0 Å². The van der Waals surface area contributed by atoms with Crippen molar-refractivity contribution in [3.05, 3.63) is 59.7 Å². The highest BCUT2D eigenvalue weighted by atomic mass is 16.5. The number of rotatable bonds is 8. The van der Waals surface area contributed by atoms with Crippen molar-refractivity contribution < 1.29 is 29.3 Å². The molecule has 2 atom stereocenters. The Morgan fingerprint density at radius 2 is 1.55 bits per heavy atom. The molecular formula is C25H30N2O6. The van der Waals surface area contributed by atoms with Crippen molar-refractivity contribution in [1.82, 2.24) is 10.6 Å². The summed E-state index contributed by atoms with van der Waals surface area (Å²) in [6.45, 7) is 5.40. The van der Waals surface area contributed by atoms with Gasteiger partial charge in [0, 0.05) is 5.92 Å². The van der Waals surface area contributed by atoms with E-state index in [-0.39, 0.29) is 17.9 Å². The van der Waals surface area contributed by atoms with Crippen molar-refractivity contribution in [2.45, 2.75) is 45.3 Å². The Hall–Kier alpha value is -3.39. The van der Waals surface area contributed by atoms with E-state index in [1.807, 2.05) is 69.3 Å². The standard InChI is InChI=1S/C25H30N2O6/c1-25(2,3)12-20(22(29)26-13-21(28)23(30)31)27-24(32)33-14-19-17-10-6-4-8-15(17)16-9-5-7-11-18(16)19/h4-11,19-21,28H,12-14H2,1-3H3,(H,26,29)(H,27,32)(H,30,31). The van der Waals surface area contributed by atoms with E-state index < -0.39 is 36.7 Å². The average molecular weight is 455 g/mol. The van der Waals surface area contributed by atoms with Crippen molar-refractivity contribution in [1.29, 1.82) is 0 Å². The molecule has 0 fully saturated rings. The quantitative estimate of drug-likeness (QED) is 0.486. The van der Waals surface area contributed by atoms with Gasteiger partial charge in [0.15, 0.2) is 6.10 Å². The number of aliphatic carboxylic acids is 1. The number of aliphatic hydroxyl groups is 1. The van der Waals surface area contributed by atoms with Crippen LogP contribution >= 0.6 is 0 Å². The molecule has 2 aromatic carbocycles. The summed E-state index contributed by atoms with van der Waals surface area (Å²) >= 11 is 0. The van der Waals surface area contributed by atoms with Crippen molar-refractivity contribution >= 4 is 18.0 Å². The Labute approximate surface area is 193 Å². The first kappa shape index (κ1) is 24.3. The number of benzene rings is 2. The minimum atomic E-state index is -1.72. The first-order valence-corrected chi connectivity index (χ1v) is 10.9. The summed E-state index contributed by atoms with van der Waals surface area (Å²) in [6.07, 6.45) is -2.16. The van der Waals surface area contributed by atoms with Gasteiger partial charge in [0.1, 0.15) is 12.6 Å². The molecule has 2 amide bonds. The summed E-state index contributed by atoms with van der Waals surface area (Å²) in [6, 6.07) is 15.0. The van der Waals surface area contributed by atoms with Crippen LogP contribution in [0.4, 0.5) is 4.79 Å². The molecule has 3 rings (SSSR count). The van der Waals surface area contributed by atoms with Gasteiger partial charge in [-0.05, 0) is 34.1 Å². The van der Waals surface area contributed by atoms with Gasteiger partial charge in [0.2, 0.25) is 5.91 Å². The molecule has 2 unspecified atom stereocenters. The number of hydrogen-bond acceptors (Lipinski definition) is 5. The molecule has 2 aromatic rings. The Bertz CT molecular complexity index is 984. The molecular weight excluding hydrogens is 424 g/mol. The number of alkyl carbamates (subject to hydrolysis) is 1. The molecule has 8 nitrogen and oxygen atoms in total. The van der Waals surface area contributed by atoms with Crippen LogP contribution in [0.2, 0.25) is 0 Å². The maximum absolute atomic E-state index is 12.6. The van der Waals surface area contributed by atoms with E-state index in [1.54, 1.807) is 0 Å². The lowest BCUT2D eigenvalue weighted by molar-refractivity contribution is -0.146. The molecule has 0 aromatic heterocycles. The molecule has 0 saturated carbocycles. The van der Waals surface area contributed by atoms with E-state index in [4.69, 9.17) is 9.84 Å². The smallest absolute Gasteiger partial charge is 0.407 e. The maximum atomic E-state index is 12.6. The van der Waals surface area contributed by atoms with E-state index in [0.717, 1.165) is 22.3 Å². The molecule has 0 aliphatic heterocycles. The molecule has 0 bridgehead atoms. The first-order chi connectivity index (χ1) is 15.6. The predicted molar refractivity (Wildman–Crippen MR) is 123 cm³/mol. The van der Waals surface area contributed by atoms with Gasteiger partial charge < -0.3 is 25.6 Å². The third kappa shape index (κ3) is 6.10. The van der Waals surface area contributed by atoms with E-state index in [9.17, 15) is 19.5 Å². The van der Waals surface area contributed by atoms with Crippen LogP contribution in [0.25, 0.3) is 11.1 Å². The molecule has 33 heavy (non-hydrogen) atoms. The summed E-state index contributed by atoms with van der Waals surface area (Å²) in [7, 11) is 0. The van der Waals surface area contributed by atoms with Crippen LogP contribution in [0, 0.1) is 5.41 Å². The lowest BCUT2D eigenvalue weighted by Crippen LogP contribution is -2.50. The largest absolute Gasteiger partial charge is 0.479 e. The number of aliphatic hydroxyl groups excluding tert-OH is 1. The van der Waals surface area contributed by atoms with Crippen molar-refractivity contribution in [3.8, 4) is 11.1 Å². The number of amides is 2. The maximum Gasteiger partial charge on any atom is 0.407 e. The van der Waals surface area contributed by atoms with Crippen LogP contribution in [0.3, 0.4) is 0 Å². The lowest BCUT2D eigenvalue weighted by atomic mass is 9.88. The van der Waals surface area contributed by atoms with E-state index in [1.165, 1.54) is 0 Å². The van der Waals surface area contributed by atoms with Crippen LogP contribution in [0.1, 0.15) is 44.2 Å². The summed E-state index contributed by atoms with van der Waals surface area (Å²) in [5.41, 5.74) is 4.09. The van der Waals surface area contributed by atoms with Crippen LogP contribution in [0.15, 0.2) is 48.5 Å². The molecule has 8 heteroatoms. The van der Waals surface area contributed by atoms with Gasteiger partial charge in [-0.1, -0.05) is 69.3 Å². The number of carboxylic acid groups (broad SMARTS) is 1. The number of fused-ring (bicyclic) bond motifs is 3. The second kappa shape index (κ2) is 10.0. The number of ether oxygens (including phenoxy) is 1. The number of nitrogens with one attached hydrogen (secondary N) is 2. The van der Waals surface area contributed by atoms with Gasteiger partial charge in [-0.3, -0.25) is 4.79 Å². The van der Waals surface area contributed by atoms with Gasteiger partial charge in [-0.2, -0.15) is 0 Å². The van der Waals surface area contributed by atoms with Gasteiger partial charge >= 0.3 is 12.1 Å². The Balaban J connectivity index is 1.66. The third-order valence-electron chi connectivity index (χ3n) is 5.52. The number of hydrogen-bond donors (Lipinski definition) is 4. The highest BCUT2D eigenvalue weighted by Gasteiger charge is 2.31. The van der Waals surface area contributed by atoms with Crippen LogP contribution in [-0.2, 0) is 14.3 Å². The minimum absolute atomic E-state index is 0.108. The van der Waals surface area contributed by atoms with Gasteiger partial charge in [0.25, 0.3) is 0 Å². The minimum Gasteiger partial charge on any atom is -0.479 e. The highest BCUT2D eigenvalue weighted by molar-refractivity contribution is 5.86. The number of carbonyl (C=O) groups excluding carboxylic acids is 2. The van der Waals surface area contributed by atoms with Crippen molar-refractivity contribution in [2.24, 2.45) is 5.41 Å². The van der Waals surface area contributed by atoms with Crippen LogP contribution < -0.4 is 10.6 Å². The van der Waals surface area contributed by atoms with Crippen molar-refractivity contribution in [2.75, 3.05) is 13.2 Å². The zero-order valence-electron chi connectivity index (χ0n) is 19.0. The lowest BCUT2D eigenvalue weighted by Gasteiger charge is -2.26. The summed E-state index contributed by atoms with van der Waals surface area (Å²) in [5, 5.41) is 23.2. The Morgan fingerprint density at radius 1 is 1.00 bits per heavy atom. The summed E-state index contributed by atoms with van der Waals surface area (Å²) < 4.78 is 5.53. The van der Waals surface area contributed by atoms with E-state index in [2.05, 4.69) is 10.6 Å².